The molecule has 0 aromatic heterocycles. The zero-order valence-corrected chi connectivity index (χ0v) is 17.3. The van der Waals surface area contributed by atoms with Gasteiger partial charge in [-0.05, 0) is 24.0 Å². The van der Waals surface area contributed by atoms with Crippen LogP contribution in [-0.2, 0) is 19.7 Å². The summed E-state index contributed by atoms with van der Waals surface area (Å²) in [6.07, 6.45) is 1.10. The maximum atomic E-state index is 12.2. The van der Waals surface area contributed by atoms with Gasteiger partial charge in [0, 0.05) is 12.1 Å². The van der Waals surface area contributed by atoms with Gasteiger partial charge in [-0.15, -0.1) is 0 Å². The first-order valence-corrected chi connectivity index (χ1v) is 13.3. The lowest BCUT2D eigenvalue weighted by Crippen LogP contribution is -2.47. The van der Waals surface area contributed by atoms with Crippen molar-refractivity contribution in [1.82, 2.24) is 4.90 Å². The van der Waals surface area contributed by atoms with Crippen LogP contribution < -0.4 is 0 Å². The molecule has 0 aliphatic carbocycles. The molecule has 0 unspecified atom stereocenters. The highest BCUT2D eigenvalue weighted by atomic mass is 32.2. The molecular formula is C21H25NO4S2. The largest absolute Gasteiger partial charge is 0.284 e. The Balaban J connectivity index is 1.81. The van der Waals surface area contributed by atoms with Crippen molar-refractivity contribution >= 4 is 19.7 Å². The van der Waals surface area contributed by atoms with Gasteiger partial charge in [0.2, 0.25) is 0 Å². The van der Waals surface area contributed by atoms with Gasteiger partial charge in [0.25, 0.3) is 0 Å². The fourth-order valence-corrected chi connectivity index (χ4v) is 7.99. The molecule has 5 nitrogen and oxygen atoms in total. The van der Waals surface area contributed by atoms with E-state index in [0.717, 1.165) is 11.1 Å². The van der Waals surface area contributed by atoms with E-state index in [0.29, 0.717) is 12.8 Å². The highest BCUT2D eigenvalue weighted by Gasteiger charge is 2.43. The molecule has 2 saturated heterocycles. The minimum absolute atomic E-state index is 0.0969. The van der Waals surface area contributed by atoms with Crippen LogP contribution >= 0.6 is 0 Å². The second kappa shape index (κ2) is 7.61. The maximum Gasteiger partial charge on any atom is 0.151 e. The van der Waals surface area contributed by atoms with E-state index in [9.17, 15) is 16.8 Å². The quantitative estimate of drug-likeness (QED) is 0.744. The summed E-state index contributed by atoms with van der Waals surface area (Å²) in [5, 5.41) is 0. The third-order valence-corrected chi connectivity index (χ3v) is 9.29. The topological polar surface area (TPSA) is 71.5 Å². The van der Waals surface area contributed by atoms with Gasteiger partial charge in [-0.2, -0.15) is 0 Å². The molecule has 2 atom stereocenters. The molecule has 0 amide bonds. The Bertz CT molecular complexity index is 937. The van der Waals surface area contributed by atoms with Crippen molar-refractivity contribution in [3.63, 3.8) is 0 Å². The van der Waals surface area contributed by atoms with Gasteiger partial charge in [-0.1, -0.05) is 60.7 Å². The van der Waals surface area contributed by atoms with Crippen LogP contribution in [-0.4, -0.2) is 56.8 Å². The number of sulfone groups is 2. The highest BCUT2D eigenvalue weighted by Crippen LogP contribution is 2.37. The van der Waals surface area contributed by atoms with Crippen LogP contribution in [0.4, 0.5) is 0 Å². The van der Waals surface area contributed by atoms with Crippen molar-refractivity contribution in [2.24, 2.45) is 0 Å². The van der Waals surface area contributed by atoms with Crippen LogP contribution in [0.25, 0.3) is 0 Å². The molecule has 0 radical (unpaired) electrons. The first-order chi connectivity index (χ1) is 13.3. The van der Waals surface area contributed by atoms with E-state index in [1.54, 1.807) is 0 Å². The monoisotopic (exact) mass is 419 g/mol. The van der Waals surface area contributed by atoms with Crippen molar-refractivity contribution in [2.75, 3.05) is 23.0 Å². The Labute approximate surface area is 167 Å². The summed E-state index contributed by atoms with van der Waals surface area (Å²) in [7, 11) is -6.18. The van der Waals surface area contributed by atoms with Gasteiger partial charge in [0.15, 0.2) is 19.7 Å². The first kappa shape index (κ1) is 19.6. The zero-order valence-electron chi connectivity index (χ0n) is 15.6. The standard InChI is InChI=1S/C21H25NO4S2/c23-27(24)13-11-19(15-27)22(20-12-14-28(25,26)16-20)21(17-7-3-1-4-8-17)18-9-5-2-6-10-18/h1-10,19-21H,11-16H2/t19-,20-/m1/s1. The van der Waals surface area contributed by atoms with Crippen LogP contribution in [0.2, 0.25) is 0 Å². The molecule has 0 saturated carbocycles. The summed E-state index contributed by atoms with van der Waals surface area (Å²) in [5.74, 6) is 0.535. The molecule has 0 spiro atoms. The minimum atomic E-state index is -3.09. The van der Waals surface area contributed by atoms with E-state index in [1.165, 1.54) is 0 Å². The van der Waals surface area contributed by atoms with Crippen molar-refractivity contribution < 1.29 is 16.8 Å². The summed E-state index contributed by atoms with van der Waals surface area (Å²) in [6, 6.07) is 19.4. The number of hydrogen-bond donors (Lipinski definition) is 0. The van der Waals surface area contributed by atoms with Crippen LogP contribution in [0.15, 0.2) is 60.7 Å². The Morgan fingerprint density at radius 1 is 0.679 bits per heavy atom. The van der Waals surface area contributed by atoms with Gasteiger partial charge in [-0.25, -0.2) is 16.8 Å². The summed E-state index contributed by atoms with van der Waals surface area (Å²) in [5.41, 5.74) is 2.12. The second-order valence-corrected chi connectivity index (χ2v) is 12.2. The molecular weight excluding hydrogens is 394 g/mol. The van der Waals surface area contributed by atoms with E-state index < -0.39 is 19.7 Å². The van der Waals surface area contributed by atoms with E-state index in [1.807, 2.05) is 60.7 Å². The number of rotatable bonds is 5. The van der Waals surface area contributed by atoms with Gasteiger partial charge in [-0.3, -0.25) is 4.90 Å². The summed E-state index contributed by atoms with van der Waals surface area (Å²) < 4.78 is 49.0. The van der Waals surface area contributed by atoms with Crippen LogP contribution in [0.5, 0.6) is 0 Å². The molecule has 2 aliphatic rings. The minimum Gasteiger partial charge on any atom is -0.284 e. The van der Waals surface area contributed by atoms with Crippen molar-refractivity contribution in [2.45, 2.75) is 31.0 Å². The van der Waals surface area contributed by atoms with Gasteiger partial charge < -0.3 is 0 Å². The van der Waals surface area contributed by atoms with E-state index in [2.05, 4.69) is 4.90 Å². The highest BCUT2D eigenvalue weighted by molar-refractivity contribution is 7.92. The van der Waals surface area contributed by atoms with Crippen molar-refractivity contribution in [3.05, 3.63) is 71.8 Å². The Hall–Kier alpha value is -1.70. The number of hydrogen-bond acceptors (Lipinski definition) is 5. The van der Waals surface area contributed by atoms with Gasteiger partial charge >= 0.3 is 0 Å². The SMILES string of the molecule is O=S1(=O)CC[C@@H](N(C(c2ccccc2)c2ccccc2)[C@@H]2CCS(=O)(=O)C2)C1. The predicted molar refractivity (Wildman–Crippen MR) is 111 cm³/mol. The normalized spacial score (nSPS) is 26.1. The smallest absolute Gasteiger partial charge is 0.151 e. The lowest BCUT2D eigenvalue weighted by atomic mass is 9.93. The fraction of sp³-hybridized carbons (Fsp3) is 0.429. The van der Waals surface area contributed by atoms with Gasteiger partial charge in [0.05, 0.1) is 29.1 Å². The second-order valence-electron chi connectivity index (χ2n) is 7.78. The van der Waals surface area contributed by atoms with E-state index >= 15 is 0 Å². The summed E-state index contributed by atoms with van der Waals surface area (Å²) in [6.45, 7) is 0. The molecule has 4 rings (SSSR count). The van der Waals surface area contributed by atoms with Crippen LogP contribution in [0, 0.1) is 0 Å². The third-order valence-electron chi connectivity index (χ3n) is 5.79. The van der Waals surface area contributed by atoms with Crippen LogP contribution in [0.3, 0.4) is 0 Å². The lowest BCUT2D eigenvalue weighted by molar-refractivity contribution is 0.121. The average molecular weight is 420 g/mol. The summed E-state index contributed by atoms with van der Waals surface area (Å²) >= 11 is 0. The molecule has 2 aromatic carbocycles. The fourth-order valence-electron chi connectivity index (χ4n) is 4.55. The predicted octanol–water partition coefficient (Wildman–Crippen LogP) is 2.45. The number of nitrogens with zero attached hydrogens (tertiary/aromatic N) is 1. The average Bonchev–Trinajstić information content (AvgIpc) is 3.22. The Kier molecular flexibility index (Phi) is 5.33. The molecule has 2 aromatic rings. The van der Waals surface area contributed by atoms with Crippen molar-refractivity contribution in [3.8, 4) is 0 Å². The van der Waals surface area contributed by atoms with E-state index in [4.69, 9.17) is 0 Å². The van der Waals surface area contributed by atoms with Gasteiger partial charge in [0.1, 0.15) is 0 Å². The first-order valence-electron chi connectivity index (χ1n) is 9.63. The molecule has 7 heteroatoms. The molecule has 0 N–H and O–H groups in total. The molecule has 2 aliphatic heterocycles. The summed E-state index contributed by atoms with van der Waals surface area (Å²) in [4.78, 5) is 2.19. The molecule has 2 fully saturated rings. The van der Waals surface area contributed by atoms with Crippen molar-refractivity contribution in [1.29, 1.82) is 0 Å². The molecule has 28 heavy (non-hydrogen) atoms. The lowest BCUT2D eigenvalue weighted by Gasteiger charge is -2.40. The Morgan fingerprint density at radius 2 is 1.07 bits per heavy atom. The number of benzene rings is 2. The van der Waals surface area contributed by atoms with E-state index in [-0.39, 0.29) is 41.1 Å². The Morgan fingerprint density at radius 3 is 1.39 bits per heavy atom. The molecule has 150 valence electrons. The maximum absolute atomic E-state index is 12.2. The third kappa shape index (κ3) is 4.16. The van der Waals surface area contributed by atoms with Crippen LogP contribution in [0.1, 0.15) is 30.0 Å². The molecule has 0 bridgehead atoms. The molecule has 2 heterocycles. The zero-order chi connectivity index (χ0) is 19.8.